The molecule has 0 heterocycles. The Kier molecular flexibility index (Phi) is 5.31. The lowest BCUT2D eigenvalue weighted by atomic mass is 10.1. The van der Waals surface area contributed by atoms with Crippen LogP contribution in [0.25, 0.3) is 0 Å². The number of benzene rings is 2. The first-order valence-corrected chi connectivity index (χ1v) is 6.90. The monoisotopic (exact) mass is 322 g/mol. The fourth-order valence-electron chi connectivity index (χ4n) is 2.05. The average Bonchev–Trinajstić information content (AvgIpc) is 2.53. The first-order chi connectivity index (χ1) is 11.0. The van der Waals surface area contributed by atoms with Crippen LogP contribution in [0.3, 0.4) is 0 Å². The van der Waals surface area contributed by atoms with Gasteiger partial charge in [-0.2, -0.15) is 0 Å². The zero-order chi connectivity index (χ0) is 17.0. The minimum atomic E-state index is -0.528. The van der Waals surface area contributed by atoms with E-state index in [1.54, 1.807) is 13.8 Å². The molecule has 0 aliphatic heterocycles. The lowest BCUT2D eigenvalue weighted by Gasteiger charge is -2.13. The molecule has 2 aromatic rings. The van der Waals surface area contributed by atoms with E-state index in [-0.39, 0.29) is 19.2 Å². The van der Waals surface area contributed by atoms with Gasteiger partial charge in [0.05, 0.1) is 14.2 Å². The van der Waals surface area contributed by atoms with E-state index in [0.717, 1.165) is 0 Å². The standard InChI is InChI=1S/C16H17BF2O4/c1-9-5-15(20-3)11(18)7-13(9)22-17-23-14-8-12(19)16(21-4)6-10(14)2/h5-8,17H,1-4H3. The molecule has 0 saturated heterocycles. The molecule has 0 aliphatic rings. The molecule has 0 spiro atoms. The summed E-state index contributed by atoms with van der Waals surface area (Å²) in [6.07, 6.45) is 0. The van der Waals surface area contributed by atoms with Gasteiger partial charge < -0.3 is 18.8 Å². The second-order valence-electron chi connectivity index (χ2n) is 4.91. The molecule has 0 atom stereocenters. The second kappa shape index (κ2) is 7.22. The predicted molar refractivity (Wildman–Crippen MR) is 83.8 cm³/mol. The normalized spacial score (nSPS) is 10.2. The van der Waals surface area contributed by atoms with Crippen LogP contribution in [0, 0.1) is 25.5 Å². The Morgan fingerprint density at radius 1 is 0.696 bits per heavy atom. The molecule has 0 N–H and O–H groups in total. The number of hydrogen-bond donors (Lipinski definition) is 0. The molecular weight excluding hydrogens is 305 g/mol. The third-order valence-electron chi connectivity index (χ3n) is 3.33. The topological polar surface area (TPSA) is 36.9 Å². The van der Waals surface area contributed by atoms with E-state index in [1.165, 1.54) is 38.5 Å². The highest BCUT2D eigenvalue weighted by Crippen LogP contribution is 2.28. The maximum Gasteiger partial charge on any atom is 0.576 e. The molecule has 2 aromatic carbocycles. The van der Waals surface area contributed by atoms with Crippen molar-refractivity contribution in [1.82, 2.24) is 0 Å². The molecule has 0 unspecified atom stereocenters. The second-order valence-corrected chi connectivity index (χ2v) is 4.91. The summed E-state index contributed by atoms with van der Waals surface area (Å²) in [7, 11) is 2.60. The fourth-order valence-corrected chi connectivity index (χ4v) is 2.05. The van der Waals surface area contributed by atoms with Crippen molar-refractivity contribution in [2.45, 2.75) is 13.8 Å². The molecule has 0 aliphatic carbocycles. The van der Waals surface area contributed by atoms with Gasteiger partial charge in [-0.05, 0) is 37.1 Å². The van der Waals surface area contributed by atoms with Crippen molar-refractivity contribution in [1.29, 1.82) is 0 Å². The maximum atomic E-state index is 13.7. The van der Waals surface area contributed by atoms with E-state index in [2.05, 4.69) is 0 Å². The van der Waals surface area contributed by atoms with Crippen LogP contribution in [-0.4, -0.2) is 21.9 Å². The molecule has 7 heteroatoms. The van der Waals surface area contributed by atoms with Crippen LogP contribution in [0.5, 0.6) is 23.0 Å². The number of rotatable bonds is 6. The van der Waals surface area contributed by atoms with Gasteiger partial charge in [-0.15, -0.1) is 0 Å². The number of ether oxygens (including phenoxy) is 2. The van der Waals surface area contributed by atoms with Crippen molar-refractivity contribution in [3.8, 4) is 23.0 Å². The van der Waals surface area contributed by atoms with Crippen molar-refractivity contribution < 1.29 is 27.6 Å². The zero-order valence-corrected chi connectivity index (χ0v) is 13.4. The Morgan fingerprint density at radius 2 is 1.09 bits per heavy atom. The van der Waals surface area contributed by atoms with Gasteiger partial charge in [-0.3, -0.25) is 0 Å². The summed E-state index contributed by atoms with van der Waals surface area (Å²) >= 11 is 0. The number of methoxy groups -OCH3 is 2. The van der Waals surface area contributed by atoms with Gasteiger partial charge in [0.15, 0.2) is 23.1 Å². The summed E-state index contributed by atoms with van der Waals surface area (Å²) in [6, 6.07) is 5.50. The van der Waals surface area contributed by atoms with Crippen molar-refractivity contribution in [2.24, 2.45) is 0 Å². The predicted octanol–water partition coefficient (Wildman–Crippen LogP) is 3.32. The Morgan fingerprint density at radius 3 is 1.43 bits per heavy atom. The van der Waals surface area contributed by atoms with Gasteiger partial charge in [0.1, 0.15) is 11.5 Å². The summed E-state index contributed by atoms with van der Waals surface area (Å²) in [5, 5.41) is 0. The largest absolute Gasteiger partial charge is 0.576 e. The van der Waals surface area contributed by atoms with Gasteiger partial charge in [-0.1, -0.05) is 0 Å². The lowest BCUT2D eigenvalue weighted by Crippen LogP contribution is -2.13. The highest BCUT2D eigenvalue weighted by Gasteiger charge is 2.12. The van der Waals surface area contributed by atoms with Crippen LogP contribution < -0.4 is 18.8 Å². The molecule has 23 heavy (non-hydrogen) atoms. The molecule has 0 bridgehead atoms. The number of aryl methyl sites for hydroxylation is 2. The van der Waals surface area contributed by atoms with Crippen LogP contribution in [0.2, 0.25) is 0 Å². The van der Waals surface area contributed by atoms with E-state index < -0.39 is 11.6 Å². The Labute approximate surface area is 134 Å². The van der Waals surface area contributed by atoms with Gasteiger partial charge in [0.2, 0.25) is 0 Å². The molecule has 0 amide bonds. The fraction of sp³-hybridized carbons (Fsp3) is 0.250. The first kappa shape index (κ1) is 16.9. The summed E-state index contributed by atoms with van der Waals surface area (Å²) in [5.41, 5.74) is 1.40. The van der Waals surface area contributed by atoms with Crippen molar-refractivity contribution in [2.75, 3.05) is 14.2 Å². The van der Waals surface area contributed by atoms with Gasteiger partial charge in [0.25, 0.3) is 0 Å². The summed E-state index contributed by atoms with van der Waals surface area (Å²) in [5.74, 6) is -0.114. The molecular formula is C16H17BF2O4. The van der Waals surface area contributed by atoms with E-state index in [9.17, 15) is 8.78 Å². The third kappa shape index (κ3) is 3.86. The summed E-state index contributed by atoms with van der Waals surface area (Å²) < 4.78 is 47.9. The van der Waals surface area contributed by atoms with E-state index in [0.29, 0.717) is 22.6 Å². The summed E-state index contributed by atoms with van der Waals surface area (Å²) in [6.45, 7) is 3.52. The van der Waals surface area contributed by atoms with E-state index in [4.69, 9.17) is 18.8 Å². The number of halogens is 2. The smallest absolute Gasteiger partial charge is 0.528 e. The third-order valence-corrected chi connectivity index (χ3v) is 3.33. The highest BCUT2D eigenvalue weighted by molar-refractivity contribution is 6.20. The molecule has 0 radical (unpaired) electrons. The van der Waals surface area contributed by atoms with Crippen LogP contribution >= 0.6 is 0 Å². The maximum absolute atomic E-state index is 13.7. The van der Waals surface area contributed by atoms with E-state index >= 15 is 0 Å². The van der Waals surface area contributed by atoms with E-state index in [1.807, 2.05) is 0 Å². The van der Waals surface area contributed by atoms with Crippen LogP contribution in [-0.2, 0) is 0 Å². The Hall–Kier alpha value is -2.44. The minimum absolute atomic E-state index is 0.142. The molecule has 0 aromatic heterocycles. The highest BCUT2D eigenvalue weighted by atomic mass is 19.1. The van der Waals surface area contributed by atoms with Gasteiger partial charge >= 0.3 is 7.69 Å². The molecule has 4 nitrogen and oxygen atoms in total. The van der Waals surface area contributed by atoms with Gasteiger partial charge in [-0.25, -0.2) is 8.78 Å². The zero-order valence-electron chi connectivity index (χ0n) is 13.4. The molecule has 122 valence electrons. The van der Waals surface area contributed by atoms with Crippen molar-refractivity contribution >= 4 is 7.69 Å². The molecule has 0 saturated carbocycles. The Balaban J connectivity index is 2.06. The Bertz CT molecular complexity index is 647. The van der Waals surface area contributed by atoms with Crippen LogP contribution in [0.4, 0.5) is 8.78 Å². The quantitative estimate of drug-likeness (QED) is 0.765. The van der Waals surface area contributed by atoms with Crippen LogP contribution in [0.1, 0.15) is 11.1 Å². The average molecular weight is 322 g/mol. The molecule has 2 rings (SSSR count). The lowest BCUT2D eigenvalue weighted by molar-refractivity contribution is 0.380. The van der Waals surface area contributed by atoms with Gasteiger partial charge in [0, 0.05) is 12.1 Å². The molecule has 0 fully saturated rings. The summed E-state index contributed by atoms with van der Waals surface area (Å²) in [4.78, 5) is 0. The van der Waals surface area contributed by atoms with Crippen LogP contribution in [0.15, 0.2) is 24.3 Å². The SMILES string of the molecule is COc1cc(C)c(OBOc2cc(F)c(OC)cc2C)cc1F. The minimum Gasteiger partial charge on any atom is -0.528 e. The van der Waals surface area contributed by atoms with Crippen molar-refractivity contribution in [3.05, 3.63) is 47.0 Å². The van der Waals surface area contributed by atoms with Crippen molar-refractivity contribution in [3.63, 3.8) is 0 Å². The first-order valence-electron chi connectivity index (χ1n) is 6.90. The number of hydrogen-bond acceptors (Lipinski definition) is 4.